The van der Waals surface area contributed by atoms with Crippen LogP contribution >= 0.6 is 0 Å². The van der Waals surface area contributed by atoms with E-state index in [4.69, 9.17) is 5.26 Å². The van der Waals surface area contributed by atoms with Crippen LogP contribution < -0.4 is 4.72 Å². The number of nitrogens with one attached hydrogen (secondary N) is 1. The largest absolute Gasteiger partial charge is 0.264 e. The first-order chi connectivity index (χ1) is 9.12. The first-order valence-electron chi connectivity index (χ1n) is 5.50. The Hall–Kier alpha value is -2.23. The standard InChI is InChI=1S/C13H11N3O2S/c14-8-11-3-1-5-13(7-11)19(17,18)16-10-12-4-2-6-15-9-12/h1-7,9,16H,10H2. The number of nitriles is 1. The summed E-state index contributed by atoms with van der Waals surface area (Å²) in [5, 5.41) is 8.76. The first-order valence-corrected chi connectivity index (χ1v) is 6.99. The van der Waals surface area contributed by atoms with Crippen molar-refractivity contribution < 1.29 is 8.42 Å². The Morgan fingerprint density at radius 2 is 2.11 bits per heavy atom. The number of nitrogens with zero attached hydrogens (tertiary/aromatic N) is 2. The van der Waals surface area contributed by atoms with Crippen LogP contribution in [0.15, 0.2) is 53.7 Å². The molecule has 0 fully saturated rings. The van der Waals surface area contributed by atoms with Crippen LogP contribution in [-0.4, -0.2) is 13.4 Å². The Bertz CT molecular complexity index is 706. The molecule has 6 heteroatoms. The zero-order valence-electron chi connectivity index (χ0n) is 9.95. The molecule has 1 aromatic carbocycles. The molecule has 0 aliphatic carbocycles. The van der Waals surface area contributed by atoms with Gasteiger partial charge in [-0.25, -0.2) is 13.1 Å². The third-order valence-electron chi connectivity index (χ3n) is 2.46. The summed E-state index contributed by atoms with van der Waals surface area (Å²) in [5.41, 5.74) is 1.08. The van der Waals surface area contributed by atoms with Crippen LogP contribution in [0.25, 0.3) is 0 Å². The van der Waals surface area contributed by atoms with E-state index in [-0.39, 0.29) is 11.4 Å². The van der Waals surface area contributed by atoms with Crippen molar-refractivity contribution in [1.82, 2.24) is 9.71 Å². The van der Waals surface area contributed by atoms with E-state index < -0.39 is 10.0 Å². The molecule has 96 valence electrons. The minimum atomic E-state index is -3.62. The topological polar surface area (TPSA) is 82.8 Å². The highest BCUT2D eigenvalue weighted by Gasteiger charge is 2.13. The van der Waals surface area contributed by atoms with Crippen molar-refractivity contribution in [3.63, 3.8) is 0 Å². The Labute approximate surface area is 111 Å². The molecular weight excluding hydrogens is 262 g/mol. The van der Waals surface area contributed by atoms with Crippen LogP contribution in [0.1, 0.15) is 11.1 Å². The van der Waals surface area contributed by atoms with Gasteiger partial charge in [0.05, 0.1) is 16.5 Å². The Balaban J connectivity index is 2.17. The minimum absolute atomic E-state index is 0.0791. The van der Waals surface area contributed by atoms with E-state index in [1.54, 1.807) is 30.6 Å². The van der Waals surface area contributed by atoms with E-state index in [1.165, 1.54) is 18.2 Å². The van der Waals surface area contributed by atoms with Crippen molar-refractivity contribution in [3.8, 4) is 6.07 Å². The van der Waals surface area contributed by atoms with E-state index in [2.05, 4.69) is 9.71 Å². The molecule has 2 rings (SSSR count). The zero-order valence-corrected chi connectivity index (χ0v) is 10.8. The van der Waals surface area contributed by atoms with Gasteiger partial charge in [0.25, 0.3) is 0 Å². The lowest BCUT2D eigenvalue weighted by atomic mass is 10.2. The van der Waals surface area contributed by atoms with Gasteiger partial charge in [0.15, 0.2) is 0 Å². The summed E-state index contributed by atoms with van der Waals surface area (Å²) < 4.78 is 26.5. The maximum absolute atomic E-state index is 12.0. The highest BCUT2D eigenvalue weighted by Crippen LogP contribution is 2.11. The lowest BCUT2D eigenvalue weighted by Crippen LogP contribution is -2.23. The van der Waals surface area contributed by atoms with Gasteiger partial charge >= 0.3 is 0 Å². The zero-order chi connectivity index (χ0) is 13.7. The van der Waals surface area contributed by atoms with Crippen LogP contribution in [0.4, 0.5) is 0 Å². The molecule has 0 aliphatic rings. The molecule has 19 heavy (non-hydrogen) atoms. The van der Waals surface area contributed by atoms with Gasteiger partial charge in [-0.2, -0.15) is 5.26 Å². The molecule has 5 nitrogen and oxygen atoms in total. The molecule has 0 saturated carbocycles. The maximum atomic E-state index is 12.0. The Morgan fingerprint density at radius 3 is 2.79 bits per heavy atom. The monoisotopic (exact) mass is 273 g/mol. The molecule has 1 heterocycles. The van der Waals surface area contributed by atoms with E-state index in [1.807, 2.05) is 6.07 Å². The third kappa shape index (κ3) is 3.37. The van der Waals surface area contributed by atoms with Gasteiger partial charge in [0.1, 0.15) is 0 Å². The van der Waals surface area contributed by atoms with Crippen molar-refractivity contribution >= 4 is 10.0 Å². The van der Waals surface area contributed by atoms with Crippen LogP contribution in [0.3, 0.4) is 0 Å². The van der Waals surface area contributed by atoms with Crippen LogP contribution in [0, 0.1) is 11.3 Å². The fourth-order valence-electron chi connectivity index (χ4n) is 1.50. The quantitative estimate of drug-likeness (QED) is 0.913. The average molecular weight is 273 g/mol. The predicted molar refractivity (Wildman–Crippen MR) is 69.4 cm³/mol. The second-order valence-corrected chi connectivity index (χ2v) is 5.59. The number of hydrogen-bond donors (Lipinski definition) is 1. The SMILES string of the molecule is N#Cc1cccc(S(=O)(=O)NCc2cccnc2)c1. The molecule has 0 spiro atoms. The number of hydrogen-bond acceptors (Lipinski definition) is 4. The summed E-state index contributed by atoms with van der Waals surface area (Å²) in [7, 11) is -3.62. The van der Waals surface area contributed by atoms with Crippen molar-refractivity contribution in [2.45, 2.75) is 11.4 Å². The average Bonchev–Trinajstić information content (AvgIpc) is 2.46. The lowest BCUT2D eigenvalue weighted by molar-refractivity contribution is 0.581. The highest BCUT2D eigenvalue weighted by molar-refractivity contribution is 7.89. The lowest BCUT2D eigenvalue weighted by Gasteiger charge is -2.06. The molecular formula is C13H11N3O2S. The van der Waals surface area contributed by atoms with Gasteiger partial charge < -0.3 is 0 Å². The van der Waals surface area contributed by atoms with Crippen molar-refractivity contribution in [2.75, 3.05) is 0 Å². The summed E-state index contributed by atoms with van der Waals surface area (Å²) >= 11 is 0. The molecule has 2 aromatic rings. The first kappa shape index (κ1) is 13.2. The molecule has 0 unspecified atom stereocenters. The third-order valence-corrected chi connectivity index (χ3v) is 3.86. The van der Waals surface area contributed by atoms with E-state index in [9.17, 15) is 8.42 Å². The fraction of sp³-hybridized carbons (Fsp3) is 0.0769. The fourth-order valence-corrected chi connectivity index (χ4v) is 2.56. The molecule has 0 bridgehead atoms. The van der Waals surface area contributed by atoms with Gasteiger partial charge in [-0.15, -0.1) is 0 Å². The molecule has 1 aromatic heterocycles. The van der Waals surface area contributed by atoms with E-state index in [0.29, 0.717) is 5.56 Å². The number of pyridine rings is 1. The minimum Gasteiger partial charge on any atom is -0.264 e. The molecule has 0 aliphatic heterocycles. The van der Waals surface area contributed by atoms with Gasteiger partial charge in [0.2, 0.25) is 10.0 Å². The van der Waals surface area contributed by atoms with E-state index in [0.717, 1.165) is 5.56 Å². The molecule has 0 saturated heterocycles. The second-order valence-electron chi connectivity index (χ2n) is 3.83. The summed E-state index contributed by atoms with van der Waals surface area (Å²) in [6.07, 6.45) is 3.21. The molecule has 0 atom stereocenters. The van der Waals surface area contributed by atoms with Gasteiger partial charge in [-0.05, 0) is 29.8 Å². The van der Waals surface area contributed by atoms with Crippen LogP contribution in [-0.2, 0) is 16.6 Å². The van der Waals surface area contributed by atoms with Gasteiger partial charge in [-0.3, -0.25) is 4.98 Å². The summed E-state index contributed by atoms with van der Waals surface area (Å²) in [6, 6.07) is 11.3. The van der Waals surface area contributed by atoms with Crippen molar-refractivity contribution in [2.24, 2.45) is 0 Å². The smallest absolute Gasteiger partial charge is 0.240 e. The van der Waals surface area contributed by atoms with Crippen LogP contribution in [0.2, 0.25) is 0 Å². The van der Waals surface area contributed by atoms with Crippen LogP contribution in [0.5, 0.6) is 0 Å². The summed E-state index contributed by atoms with van der Waals surface area (Å²) in [4.78, 5) is 3.99. The maximum Gasteiger partial charge on any atom is 0.240 e. The molecule has 0 radical (unpaired) electrons. The normalized spacial score (nSPS) is 10.9. The van der Waals surface area contributed by atoms with E-state index >= 15 is 0 Å². The number of rotatable bonds is 4. The number of sulfonamides is 1. The Morgan fingerprint density at radius 1 is 1.26 bits per heavy atom. The highest BCUT2D eigenvalue weighted by atomic mass is 32.2. The Kier molecular flexibility index (Phi) is 3.90. The van der Waals surface area contributed by atoms with Gasteiger partial charge in [0, 0.05) is 18.9 Å². The second kappa shape index (κ2) is 5.61. The molecule has 0 amide bonds. The predicted octanol–water partition coefficient (Wildman–Crippen LogP) is 1.43. The molecule has 1 N–H and O–H groups in total. The van der Waals surface area contributed by atoms with Gasteiger partial charge in [-0.1, -0.05) is 12.1 Å². The van der Waals surface area contributed by atoms with Crippen molar-refractivity contribution in [1.29, 1.82) is 5.26 Å². The van der Waals surface area contributed by atoms with Crippen molar-refractivity contribution in [3.05, 3.63) is 59.9 Å². The number of benzene rings is 1. The number of aromatic nitrogens is 1. The summed E-state index contributed by atoms with van der Waals surface area (Å²) in [6.45, 7) is 0.160. The summed E-state index contributed by atoms with van der Waals surface area (Å²) in [5.74, 6) is 0.